The van der Waals surface area contributed by atoms with Crippen molar-refractivity contribution in [2.75, 3.05) is 0 Å². The summed E-state index contributed by atoms with van der Waals surface area (Å²) in [5, 5.41) is 13.8. The summed E-state index contributed by atoms with van der Waals surface area (Å²) in [7, 11) is 0. The van der Waals surface area contributed by atoms with Crippen LogP contribution in [0.15, 0.2) is 83.7 Å². The molecule has 0 saturated carbocycles. The molecule has 0 unspecified atom stereocenters. The Kier molecular flexibility index (Phi) is 7.39. The molecule has 0 saturated heterocycles. The number of H-pyrrole nitrogens is 1. The van der Waals surface area contributed by atoms with E-state index >= 15 is 0 Å². The van der Waals surface area contributed by atoms with Crippen molar-refractivity contribution in [3.63, 3.8) is 0 Å². The third-order valence-electron chi connectivity index (χ3n) is 6.91. The number of tetrazole rings is 1. The number of nitrogens with zero attached hydrogens (tertiary/aromatic N) is 5. The van der Waals surface area contributed by atoms with Crippen LogP contribution in [-0.4, -0.2) is 30.1 Å². The number of aromatic nitrogens is 5. The second kappa shape index (κ2) is 10.9. The van der Waals surface area contributed by atoms with Crippen LogP contribution in [0.5, 0.6) is 0 Å². The fourth-order valence-electron chi connectivity index (χ4n) is 4.92. The maximum atomic E-state index is 13.8. The molecule has 3 aromatic carbocycles. The number of nitrogens with one attached hydrogen (secondary N) is 1. The van der Waals surface area contributed by atoms with Gasteiger partial charge in [0.1, 0.15) is 11.9 Å². The number of halogens is 1. The molecular formula is C31H33FN6O. The second-order valence-electron chi connectivity index (χ2n) is 10.9. The quantitative estimate of drug-likeness (QED) is 0.279. The third-order valence-corrected chi connectivity index (χ3v) is 6.91. The molecule has 0 fully saturated rings. The zero-order chi connectivity index (χ0) is 27.6. The standard InChI is InChI=1S/C31H33FN6O/c1-5-21-13-16-27-24(17-21)18-26(30(39)33-27)28(29-34-35-36-38(29)31(2,3)4)37(19-22-9-7-6-8-10-22)20-23-11-14-25(32)15-12-23/h6-18,28H,5,19-20H2,1-4H3,(H,33,39)/t28-/m0/s1. The van der Waals surface area contributed by atoms with Crippen molar-refractivity contribution >= 4 is 10.9 Å². The highest BCUT2D eigenvalue weighted by atomic mass is 19.1. The molecule has 5 rings (SSSR count). The second-order valence-corrected chi connectivity index (χ2v) is 10.9. The Balaban J connectivity index is 1.73. The van der Waals surface area contributed by atoms with Crippen molar-refractivity contribution in [3.05, 3.63) is 123 Å². The van der Waals surface area contributed by atoms with E-state index < -0.39 is 11.6 Å². The summed E-state index contributed by atoms with van der Waals surface area (Å²) in [6.45, 7) is 9.17. The number of fused-ring (bicyclic) bond motifs is 1. The van der Waals surface area contributed by atoms with Gasteiger partial charge in [0.2, 0.25) is 0 Å². The number of benzene rings is 3. The highest BCUT2D eigenvalue weighted by Crippen LogP contribution is 2.32. The molecule has 8 heteroatoms. The van der Waals surface area contributed by atoms with Gasteiger partial charge in [-0.15, -0.1) is 5.10 Å². The largest absolute Gasteiger partial charge is 0.322 e. The molecule has 0 aliphatic rings. The van der Waals surface area contributed by atoms with Gasteiger partial charge in [-0.3, -0.25) is 9.69 Å². The van der Waals surface area contributed by atoms with Gasteiger partial charge in [0.15, 0.2) is 5.82 Å². The molecule has 2 aromatic heterocycles. The highest BCUT2D eigenvalue weighted by Gasteiger charge is 2.33. The fourth-order valence-corrected chi connectivity index (χ4v) is 4.92. The number of hydrogen-bond acceptors (Lipinski definition) is 5. The Morgan fingerprint density at radius 2 is 1.59 bits per heavy atom. The third kappa shape index (κ3) is 5.81. The summed E-state index contributed by atoms with van der Waals surface area (Å²) in [4.78, 5) is 19.0. The minimum atomic E-state index is -0.581. The number of hydrogen-bond donors (Lipinski definition) is 1. The predicted molar refractivity (Wildman–Crippen MR) is 151 cm³/mol. The predicted octanol–water partition coefficient (Wildman–Crippen LogP) is 5.76. The first-order chi connectivity index (χ1) is 18.7. The molecule has 0 aliphatic heterocycles. The van der Waals surface area contributed by atoms with Crippen LogP contribution in [0.1, 0.15) is 61.8 Å². The Labute approximate surface area is 227 Å². The molecule has 1 N–H and O–H groups in total. The van der Waals surface area contributed by atoms with Crippen LogP contribution >= 0.6 is 0 Å². The maximum absolute atomic E-state index is 13.8. The van der Waals surface area contributed by atoms with Crippen molar-refractivity contribution in [1.29, 1.82) is 0 Å². The Bertz CT molecular complexity index is 1620. The number of rotatable bonds is 8. The lowest BCUT2D eigenvalue weighted by Crippen LogP contribution is -2.37. The van der Waals surface area contributed by atoms with Gasteiger partial charge in [-0.1, -0.05) is 55.5 Å². The fraction of sp³-hybridized carbons (Fsp3) is 0.290. The van der Waals surface area contributed by atoms with E-state index in [4.69, 9.17) is 0 Å². The van der Waals surface area contributed by atoms with Gasteiger partial charge in [0.25, 0.3) is 5.56 Å². The van der Waals surface area contributed by atoms with Crippen molar-refractivity contribution in [3.8, 4) is 0 Å². The number of aromatic amines is 1. The number of pyridine rings is 1. The Hall–Kier alpha value is -4.17. The average Bonchev–Trinajstić information content (AvgIpc) is 3.41. The lowest BCUT2D eigenvalue weighted by molar-refractivity contribution is 0.184. The van der Waals surface area contributed by atoms with Gasteiger partial charge in [0.05, 0.1) is 5.54 Å². The normalized spacial score (nSPS) is 12.8. The summed E-state index contributed by atoms with van der Waals surface area (Å²) in [5.41, 5.74) is 3.88. The summed E-state index contributed by atoms with van der Waals surface area (Å²) >= 11 is 0. The van der Waals surface area contributed by atoms with Gasteiger partial charge >= 0.3 is 0 Å². The van der Waals surface area contributed by atoms with E-state index in [1.165, 1.54) is 17.7 Å². The van der Waals surface area contributed by atoms with Crippen LogP contribution in [0.4, 0.5) is 4.39 Å². The minimum Gasteiger partial charge on any atom is -0.322 e. The zero-order valence-electron chi connectivity index (χ0n) is 22.7. The minimum absolute atomic E-state index is 0.197. The molecule has 1 atom stereocenters. The van der Waals surface area contributed by atoms with E-state index in [9.17, 15) is 9.18 Å². The molecule has 0 spiro atoms. The lowest BCUT2D eigenvalue weighted by Gasteiger charge is -2.33. The molecule has 7 nitrogen and oxygen atoms in total. The van der Waals surface area contributed by atoms with Crippen molar-refractivity contribution < 1.29 is 4.39 Å². The molecule has 5 aromatic rings. The van der Waals surface area contributed by atoms with E-state index in [1.54, 1.807) is 16.8 Å². The van der Waals surface area contributed by atoms with Gasteiger partial charge < -0.3 is 4.98 Å². The van der Waals surface area contributed by atoms with E-state index in [2.05, 4.69) is 50.5 Å². The van der Waals surface area contributed by atoms with Gasteiger partial charge in [0, 0.05) is 24.2 Å². The number of aryl methyl sites for hydroxylation is 1. The first kappa shape index (κ1) is 26.4. The first-order valence-corrected chi connectivity index (χ1v) is 13.2. The van der Waals surface area contributed by atoms with Crippen LogP contribution < -0.4 is 5.56 Å². The lowest BCUT2D eigenvalue weighted by atomic mass is 9.99. The average molecular weight is 525 g/mol. The van der Waals surface area contributed by atoms with Crippen LogP contribution in [-0.2, 0) is 25.0 Å². The molecule has 39 heavy (non-hydrogen) atoms. The molecule has 200 valence electrons. The SMILES string of the molecule is CCc1ccc2[nH]c(=O)c([C@@H](c3nnnn3C(C)(C)C)N(Cc3ccccc3)Cc3ccc(F)cc3)cc2c1. The molecular weight excluding hydrogens is 491 g/mol. The van der Waals surface area contributed by atoms with Crippen LogP contribution in [0.2, 0.25) is 0 Å². The van der Waals surface area contributed by atoms with Crippen LogP contribution in [0.3, 0.4) is 0 Å². The Morgan fingerprint density at radius 1 is 0.923 bits per heavy atom. The van der Waals surface area contributed by atoms with Crippen LogP contribution in [0.25, 0.3) is 10.9 Å². The summed E-state index contributed by atoms with van der Waals surface area (Å²) in [5.74, 6) is 0.274. The topological polar surface area (TPSA) is 79.7 Å². The van der Waals surface area contributed by atoms with E-state index in [0.717, 1.165) is 28.5 Å². The van der Waals surface area contributed by atoms with Crippen LogP contribution in [0, 0.1) is 5.82 Å². The summed E-state index contributed by atoms with van der Waals surface area (Å²) in [6.07, 6.45) is 0.890. The van der Waals surface area contributed by atoms with Crippen molar-refractivity contribution in [1.82, 2.24) is 30.1 Å². The molecule has 0 aliphatic carbocycles. The summed E-state index contributed by atoms with van der Waals surface area (Å²) in [6, 6.07) is 24.0. The van der Waals surface area contributed by atoms with Gasteiger partial charge in [-0.2, -0.15) is 0 Å². The summed E-state index contributed by atoms with van der Waals surface area (Å²) < 4.78 is 15.6. The van der Waals surface area contributed by atoms with E-state index in [0.29, 0.717) is 24.5 Å². The van der Waals surface area contributed by atoms with Crippen molar-refractivity contribution in [2.45, 2.75) is 58.8 Å². The maximum Gasteiger partial charge on any atom is 0.253 e. The monoisotopic (exact) mass is 524 g/mol. The van der Waals surface area contributed by atoms with Gasteiger partial charge in [-0.05, 0) is 90.0 Å². The van der Waals surface area contributed by atoms with E-state index in [-0.39, 0.29) is 11.4 Å². The Morgan fingerprint density at radius 3 is 2.26 bits per heavy atom. The first-order valence-electron chi connectivity index (χ1n) is 13.2. The van der Waals surface area contributed by atoms with Crippen molar-refractivity contribution in [2.24, 2.45) is 0 Å². The van der Waals surface area contributed by atoms with Gasteiger partial charge in [-0.25, -0.2) is 9.07 Å². The molecule has 0 bridgehead atoms. The highest BCUT2D eigenvalue weighted by molar-refractivity contribution is 5.80. The smallest absolute Gasteiger partial charge is 0.253 e. The molecule has 0 amide bonds. The zero-order valence-corrected chi connectivity index (χ0v) is 22.7. The van der Waals surface area contributed by atoms with E-state index in [1.807, 2.05) is 57.2 Å². The molecule has 2 heterocycles. The molecule has 0 radical (unpaired) electrons.